The van der Waals surface area contributed by atoms with Crippen LogP contribution in [0.15, 0.2) is 47.8 Å². The number of hydrogen-bond acceptors (Lipinski definition) is 8. The summed E-state index contributed by atoms with van der Waals surface area (Å²) in [5, 5.41) is 8.09. The maximum atomic E-state index is 12.9. The Morgan fingerprint density at radius 3 is 2.41 bits per heavy atom. The van der Waals surface area contributed by atoms with Gasteiger partial charge in [-0.1, -0.05) is 6.07 Å². The summed E-state index contributed by atoms with van der Waals surface area (Å²) in [5.74, 6) is 1.73. The van der Waals surface area contributed by atoms with Gasteiger partial charge in [0.05, 0.1) is 34.5 Å². The van der Waals surface area contributed by atoms with Gasteiger partial charge in [-0.15, -0.1) is 11.3 Å². The summed E-state index contributed by atoms with van der Waals surface area (Å²) in [4.78, 5) is 31.5. The van der Waals surface area contributed by atoms with Crippen LogP contribution in [-0.2, 0) is 17.7 Å². The van der Waals surface area contributed by atoms with Gasteiger partial charge in [-0.3, -0.25) is 4.79 Å². The molecule has 0 unspecified atom stereocenters. The fraction of sp³-hybridized carbons (Fsp3) is 0.346. The lowest BCUT2D eigenvalue weighted by Gasteiger charge is -2.22. The number of urea groups is 1. The third-order valence-corrected chi connectivity index (χ3v) is 6.29. The van der Waals surface area contributed by atoms with Crippen LogP contribution in [0.25, 0.3) is 0 Å². The van der Waals surface area contributed by atoms with Crippen molar-refractivity contribution in [1.82, 2.24) is 15.2 Å². The molecule has 2 N–H and O–H groups in total. The number of thiazole rings is 1. The molecule has 2 aromatic carbocycles. The van der Waals surface area contributed by atoms with E-state index in [4.69, 9.17) is 18.9 Å². The number of benzene rings is 2. The van der Waals surface area contributed by atoms with Crippen molar-refractivity contribution in [3.8, 4) is 17.2 Å². The van der Waals surface area contributed by atoms with E-state index in [1.165, 1.54) is 11.3 Å². The summed E-state index contributed by atoms with van der Waals surface area (Å²) in [5.41, 5.74) is 1.96. The fourth-order valence-corrected chi connectivity index (χ4v) is 4.22. The molecule has 3 amide bonds. The molecule has 11 heteroatoms. The smallest absolute Gasteiger partial charge is 0.322 e. The first kappa shape index (κ1) is 27.8. The Hall–Kier alpha value is -3.83. The Morgan fingerprint density at radius 2 is 1.73 bits per heavy atom. The molecule has 3 aromatic rings. The maximum Gasteiger partial charge on any atom is 0.322 e. The molecule has 198 valence electrons. The summed E-state index contributed by atoms with van der Waals surface area (Å²) >= 11 is 1.33. The van der Waals surface area contributed by atoms with Gasteiger partial charge >= 0.3 is 6.03 Å². The zero-order chi connectivity index (χ0) is 26.6. The molecule has 0 saturated carbocycles. The lowest BCUT2D eigenvalue weighted by Crippen LogP contribution is -2.36. The molecule has 0 fully saturated rings. The number of rotatable bonds is 13. The molecular formula is C26H32N4O6S. The molecule has 1 aromatic heterocycles. The average molecular weight is 529 g/mol. The monoisotopic (exact) mass is 528 g/mol. The van der Waals surface area contributed by atoms with E-state index < -0.39 is 0 Å². The number of hydrogen-bond donors (Lipinski definition) is 2. The Balaban J connectivity index is 1.55. The van der Waals surface area contributed by atoms with Crippen molar-refractivity contribution in [1.29, 1.82) is 0 Å². The van der Waals surface area contributed by atoms with Crippen LogP contribution in [0, 0.1) is 0 Å². The summed E-state index contributed by atoms with van der Waals surface area (Å²) in [6.45, 7) is 1.41. The van der Waals surface area contributed by atoms with E-state index in [1.54, 1.807) is 63.0 Å². The number of ether oxygens (including phenoxy) is 4. The van der Waals surface area contributed by atoms with E-state index in [-0.39, 0.29) is 18.5 Å². The molecule has 37 heavy (non-hydrogen) atoms. The fourth-order valence-electron chi connectivity index (χ4n) is 3.43. The second kappa shape index (κ2) is 14.0. The lowest BCUT2D eigenvalue weighted by molar-refractivity contribution is 0.0949. The van der Waals surface area contributed by atoms with Crippen molar-refractivity contribution in [3.05, 3.63) is 64.1 Å². The maximum absolute atomic E-state index is 12.9. The van der Waals surface area contributed by atoms with Gasteiger partial charge in [0, 0.05) is 31.3 Å². The highest BCUT2D eigenvalue weighted by Crippen LogP contribution is 2.27. The van der Waals surface area contributed by atoms with Crippen molar-refractivity contribution in [2.45, 2.75) is 13.0 Å². The topological polar surface area (TPSA) is 111 Å². The van der Waals surface area contributed by atoms with Gasteiger partial charge in [-0.25, -0.2) is 9.78 Å². The standard InChI is InChI=1S/C26H32N4O6S/c1-33-14-13-30(26(32)28-19-6-8-20(34-2)9-7-19)16-24-29-21(17-37-24)25(31)27-12-11-18-5-10-22(35-3)23(15-18)36-4/h5-10,15,17H,11-14,16H2,1-4H3,(H,27,31)(H,28,32). The van der Waals surface area contributed by atoms with E-state index in [0.29, 0.717) is 59.8 Å². The SMILES string of the molecule is COCCN(Cc1nc(C(=O)NCCc2ccc(OC)c(OC)c2)cs1)C(=O)Nc1ccc(OC)cc1. The number of carbonyl (C=O) groups excluding carboxylic acids is 2. The Kier molecular flexibility index (Phi) is 10.5. The van der Waals surface area contributed by atoms with Gasteiger partial charge in [0.15, 0.2) is 11.5 Å². The third-order valence-electron chi connectivity index (χ3n) is 5.45. The van der Waals surface area contributed by atoms with Crippen LogP contribution >= 0.6 is 11.3 Å². The van der Waals surface area contributed by atoms with Crippen LogP contribution in [0.1, 0.15) is 21.1 Å². The molecule has 0 aliphatic carbocycles. The first-order valence-corrected chi connectivity index (χ1v) is 12.5. The number of nitrogens with one attached hydrogen (secondary N) is 2. The van der Waals surface area contributed by atoms with Crippen LogP contribution < -0.4 is 24.8 Å². The van der Waals surface area contributed by atoms with Gasteiger partial charge in [-0.2, -0.15) is 0 Å². The minimum absolute atomic E-state index is 0.245. The normalized spacial score (nSPS) is 10.5. The highest BCUT2D eigenvalue weighted by molar-refractivity contribution is 7.09. The molecule has 1 heterocycles. The summed E-state index contributed by atoms with van der Waals surface area (Å²) in [7, 11) is 6.33. The molecular weight excluding hydrogens is 496 g/mol. The van der Waals surface area contributed by atoms with Gasteiger partial charge in [-0.05, 0) is 48.4 Å². The van der Waals surface area contributed by atoms with E-state index in [1.807, 2.05) is 18.2 Å². The zero-order valence-corrected chi connectivity index (χ0v) is 22.2. The number of anilines is 1. The second-order valence-electron chi connectivity index (χ2n) is 7.89. The van der Waals surface area contributed by atoms with E-state index >= 15 is 0 Å². The van der Waals surface area contributed by atoms with Gasteiger partial charge in [0.1, 0.15) is 16.5 Å². The second-order valence-corrected chi connectivity index (χ2v) is 8.84. The Morgan fingerprint density at radius 1 is 0.973 bits per heavy atom. The number of amides is 3. The van der Waals surface area contributed by atoms with E-state index in [9.17, 15) is 9.59 Å². The highest BCUT2D eigenvalue weighted by Gasteiger charge is 2.18. The van der Waals surface area contributed by atoms with Crippen molar-refractivity contribution in [2.24, 2.45) is 0 Å². The summed E-state index contributed by atoms with van der Waals surface area (Å²) in [6, 6.07) is 12.4. The van der Waals surface area contributed by atoms with E-state index in [0.717, 1.165) is 5.56 Å². The van der Waals surface area contributed by atoms with Crippen LogP contribution in [-0.4, -0.2) is 70.0 Å². The molecule has 0 aliphatic rings. The summed E-state index contributed by atoms with van der Waals surface area (Å²) < 4.78 is 20.9. The molecule has 10 nitrogen and oxygen atoms in total. The summed E-state index contributed by atoms with van der Waals surface area (Å²) in [6.07, 6.45) is 0.624. The molecule has 0 spiro atoms. The molecule has 0 atom stereocenters. The van der Waals surface area contributed by atoms with Gasteiger partial charge < -0.3 is 34.5 Å². The number of nitrogens with zero attached hydrogens (tertiary/aromatic N) is 2. The number of carbonyl (C=O) groups is 2. The van der Waals surface area contributed by atoms with Crippen LogP contribution in [0.4, 0.5) is 10.5 Å². The van der Waals surface area contributed by atoms with Crippen molar-refractivity contribution >= 4 is 29.0 Å². The quantitative estimate of drug-likeness (QED) is 0.347. The van der Waals surface area contributed by atoms with Gasteiger partial charge in [0.2, 0.25) is 0 Å². The van der Waals surface area contributed by atoms with Crippen molar-refractivity contribution in [3.63, 3.8) is 0 Å². The molecule has 0 aliphatic heterocycles. The minimum Gasteiger partial charge on any atom is -0.497 e. The van der Waals surface area contributed by atoms with Gasteiger partial charge in [0.25, 0.3) is 5.91 Å². The third kappa shape index (κ3) is 8.09. The average Bonchev–Trinajstić information content (AvgIpc) is 3.40. The van der Waals surface area contributed by atoms with Crippen LogP contribution in [0.3, 0.4) is 0 Å². The lowest BCUT2D eigenvalue weighted by atomic mass is 10.1. The number of methoxy groups -OCH3 is 4. The molecule has 3 rings (SSSR count). The van der Waals surface area contributed by atoms with E-state index in [2.05, 4.69) is 15.6 Å². The van der Waals surface area contributed by atoms with Crippen LogP contribution in [0.2, 0.25) is 0 Å². The van der Waals surface area contributed by atoms with Crippen LogP contribution in [0.5, 0.6) is 17.2 Å². The first-order chi connectivity index (χ1) is 18.0. The zero-order valence-electron chi connectivity index (χ0n) is 21.4. The first-order valence-electron chi connectivity index (χ1n) is 11.6. The molecule has 0 radical (unpaired) electrons. The number of aromatic nitrogens is 1. The van der Waals surface area contributed by atoms with Crippen molar-refractivity contribution in [2.75, 3.05) is 53.5 Å². The predicted molar refractivity (Wildman–Crippen MR) is 142 cm³/mol. The van der Waals surface area contributed by atoms with Crippen molar-refractivity contribution < 1.29 is 28.5 Å². The predicted octanol–water partition coefficient (Wildman–Crippen LogP) is 3.82. The largest absolute Gasteiger partial charge is 0.497 e. The molecule has 0 bridgehead atoms. The molecule has 0 saturated heterocycles. The minimum atomic E-state index is -0.293. The Bertz CT molecular complexity index is 1170. The Labute approximate surface area is 220 Å². The highest BCUT2D eigenvalue weighted by atomic mass is 32.1.